The maximum atomic E-state index is 13.2. The van der Waals surface area contributed by atoms with E-state index in [-0.39, 0.29) is 11.9 Å². The molecule has 1 heterocycles. The summed E-state index contributed by atoms with van der Waals surface area (Å²) in [6, 6.07) is 14.3. The first-order chi connectivity index (χ1) is 15.9. The topological polar surface area (TPSA) is 65.1 Å². The molecule has 0 aliphatic carbocycles. The van der Waals surface area contributed by atoms with Crippen LogP contribution < -0.4 is 30.7 Å². The Hall–Kier alpha value is -3.39. The van der Waals surface area contributed by atoms with E-state index in [2.05, 4.69) is 15.1 Å². The summed E-state index contributed by atoms with van der Waals surface area (Å²) < 4.78 is 18.4. The monoisotopic (exact) mass is 452 g/mol. The van der Waals surface area contributed by atoms with Crippen molar-refractivity contribution in [1.29, 1.82) is 0 Å². The van der Waals surface area contributed by atoms with Crippen molar-refractivity contribution in [3.8, 4) is 5.75 Å². The molecule has 0 radical (unpaired) electrons. The van der Waals surface area contributed by atoms with Gasteiger partial charge < -0.3 is 24.8 Å². The first-order valence-electron chi connectivity index (χ1n) is 11.0. The number of anilines is 3. The van der Waals surface area contributed by atoms with Gasteiger partial charge in [0.05, 0.1) is 13.2 Å². The summed E-state index contributed by atoms with van der Waals surface area (Å²) in [6.45, 7) is 3.11. The van der Waals surface area contributed by atoms with Crippen LogP contribution in [0.15, 0.2) is 58.1 Å². The molecule has 3 aromatic rings. The van der Waals surface area contributed by atoms with Crippen LogP contribution in [0.5, 0.6) is 5.75 Å². The van der Waals surface area contributed by atoms with Crippen LogP contribution in [0.2, 0.25) is 0 Å². The number of rotatable bonds is 8. The molecule has 7 nitrogen and oxygen atoms in total. The third-order valence-corrected chi connectivity index (χ3v) is 6.27. The lowest BCUT2D eigenvalue weighted by Gasteiger charge is -2.38. The number of likely N-dealkylation sites (N-methyl/N-ethyl adjacent to an activating group) is 1. The van der Waals surface area contributed by atoms with Gasteiger partial charge in [0.25, 0.3) is 10.9 Å². The molecule has 0 amide bonds. The fourth-order valence-electron chi connectivity index (χ4n) is 4.31. The van der Waals surface area contributed by atoms with Crippen LogP contribution in [0.4, 0.5) is 21.5 Å². The van der Waals surface area contributed by atoms with Crippen LogP contribution in [-0.4, -0.2) is 58.8 Å². The number of piperazine rings is 1. The minimum Gasteiger partial charge on any atom is -0.497 e. The Kier molecular flexibility index (Phi) is 6.65. The van der Waals surface area contributed by atoms with Crippen molar-refractivity contribution < 1.29 is 9.13 Å². The normalized spacial score (nSPS) is 15.2. The van der Waals surface area contributed by atoms with Crippen LogP contribution in [0.1, 0.15) is 11.6 Å². The van der Waals surface area contributed by atoms with Crippen molar-refractivity contribution in [2.75, 3.05) is 69.0 Å². The summed E-state index contributed by atoms with van der Waals surface area (Å²) in [7, 11) is 5.59. The number of benzene rings is 2. The summed E-state index contributed by atoms with van der Waals surface area (Å²) in [5.41, 5.74) is 2.02. The Labute approximate surface area is 192 Å². The molecule has 4 rings (SSSR count). The number of ether oxygens (including phenoxy) is 1. The molecule has 33 heavy (non-hydrogen) atoms. The van der Waals surface area contributed by atoms with E-state index < -0.39 is 10.9 Å². The van der Waals surface area contributed by atoms with Gasteiger partial charge in [0.2, 0.25) is 0 Å². The van der Waals surface area contributed by atoms with Crippen LogP contribution >= 0.6 is 0 Å². The smallest absolute Gasteiger partial charge is 0.253 e. The number of nitrogens with zero attached hydrogens (tertiary/aromatic N) is 3. The minimum atomic E-state index is -0.460. The van der Waals surface area contributed by atoms with E-state index >= 15 is 0 Å². The molecule has 1 fully saturated rings. The molecule has 0 spiro atoms. The second kappa shape index (κ2) is 9.62. The fraction of sp³-hybridized carbons (Fsp3) is 0.360. The van der Waals surface area contributed by atoms with E-state index in [0.717, 1.165) is 17.0 Å². The number of halogens is 1. The lowest BCUT2D eigenvalue weighted by molar-refractivity contribution is 0.311. The number of methoxy groups -OCH3 is 1. The maximum absolute atomic E-state index is 13.2. The van der Waals surface area contributed by atoms with Crippen molar-refractivity contribution in [2.45, 2.75) is 6.04 Å². The second-order valence-electron chi connectivity index (χ2n) is 8.47. The van der Waals surface area contributed by atoms with Gasteiger partial charge in [0.1, 0.15) is 22.9 Å². The van der Waals surface area contributed by atoms with Crippen molar-refractivity contribution in [3.05, 3.63) is 80.4 Å². The molecule has 0 unspecified atom stereocenters. The van der Waals surface area contributed by atoms with Gasteiger partial charge in [0.15, 0.2) is 0 Å². The first-order valence-corrected chi connectivity index (χ1v) is 11.0. The quantitative estimate of drug-likeness (QED) is 0.527. The van der Waals surface area contributed by atoms with E-state index in [0.29, 0.717) is 44.1 Å². The molecule has 0 saturated carbocycles. The Morgan fingerprint density at radius 1 is 0.939 bits per heavy atom. The molecule has 1 N–H and O–H groups in total. The lowest BCUT2D eigenvalue weighted by Crippen LogP contribution is -2.51. The van der Waals surface area contributed by atoms with Crippen LogP contribution in [0, 0.1) is 5.82 Å². The van der Waals surface area contributed by atoms with Crippen LogP contribution in [0.3, 0.4) is 0 Å². The zero-order valence-electron chi connectivity index (χ0n) is 19.2. The number of hydrogen-bond donors (Lipinski definition) is 1. The molecule has 0 aromatic heterocycles. The van der Waals surface area contributed by atoms with Gasteiger partial charge in [-0.3, -0.25) is 9.59 Å². The Morgan fingerprint density at radius 3 is 2.12 bits per heavy atom. The van der Waals surface area contributed by atoms with Crippen LogP contribution in [0.25, 0.3) is 0 Å². The van der Waals surface area contributed by atoms with Gasteiger partial charge in [-0.15, -0.1) is 0 Å². The van der Waals surface area contributed by atoms with E-state index in [1.807, 2.05) is 43.3 Å². The largest absolute Gasteiger partial charge is 0.497 e. The summed E-state index contributed by atoms with van der Waals surface area (Å²) in [4.78, 5) is 31.0. The van der Waals surface area contributed by atoms with E-state index in [4.69, 9.17) is 4.74 Å². The molecular weight excluding hydrogens is 423 g/mol. The van der Waals surface area contributed by atoms with Crippen molar-refractivity contribution in [2.24, 2.45) is 0 Å². The number of hydrogen-bond acceptors (Lipinski definition) is 7. The van der Waals surface area contributed by atoms with Crippen molar-refractivity contribution in [3.63, 3.8) is 0 Å². The van der Waals surface area contributed by atoms with E-state index in [1.165, 1.54) is 12.1 Å². The van der Waals surface area contributed by atoms with Crippen molar-refractivity contribution >= 4 is 17.1 Å². The van der Waals surface area contributed by atoms with Gasteiger partial charge in [-0.25, -0.2) is 4.39 Å². The molecule has 8 heteroatoms. The van der Waals surface area contributed by atoms with E-state index in [1.54, 1.807) is 19.2 Å². The van der Waals surface area contributed by atoms with Gasteiger partial charge in [0, 0.05) is 38.4 Å². The van der Waals surface area contributed by atoms with Gasteiger partial charge in [-0.1, -0.05) is 12.1 Å². The van der Waals surface area contributed by atoms with Gasteiger partial charge in [-0.05, 0) is 56.1 Å². The van der Waals surface area contributed by atoms with E-state index in [9.17, 15) is 14.0 Å². The Balaban J connectivity index is 1.43. The zero-order valence-corrected chi connectivity index (χ0v) is 19.2. The molecule has 0 bridgehead atoms. The average Bonchev–Trinajstić information content (AvgIpc) is 2.84. The third kappa shape index (κ3) is 4.71. The summed E-state index contributed by atoms with van der Waals surface area (Å²) >= 11 is 0. The second-order valence-corrected chi connectivity index (χ2v) is 8.47. The predicted octanol–water partition coefficient (Wildman–Crippen LogP) is 2.47. The minimum absolute atomic E-state index is 0.0171. The SMILES string of the molecule is COc1ccc([C@H](CNc2c(N3CCN(c4ccc(F)cc4)CC3)c(=O)c2=O)N(C)C)cc1. The highest BCUT2D eigenvalue weighted by Gasteiger charge is 2.29. The molecule has 1 atom stereocenters. The maximum Gasteiger partial charge on any atom is 0.253 e. The Bertz CT molecular complexity index is 1150. The first kappa shape index (κ1) is 22.8. The average molecular weight is 453 g/mol. The number of nitrogens with one attached hydrogen (secondary N) is 1. The summed E-state index contributed by atoms with van der Waals surface area (Å²) in [5.74, 6) is 0.524. The van der Waals surface area contributed by atoms with Crippen molar-refractivity contribution in [1.82, 2.24) is 4.90 Å². The molecule has 1 aliphatic rings. The molecule has 3 aromatic carbocycles. The molecule has 1 aliphatic heterocycles. The summed E-state index contributed by atoms with van der Waals surface area (Å²) in [6.07, 6.45) is 0. The third-order valence-electron chi connectivity index (χ3n) is 6.27. The van der Waals surface area contributed by atoms with Gasteiger partial charge >= 0.3 is 0 Å². The zero-order chi connectivity index (χ0) is 23.5. The lowest BCUT2D eigenvalue weighted by atomic mass is 10.0. The van der Waals surface area contributed by atoms with Crippen LogP contribution in [-0.2, 0) is 0 Å². The predicted molar refractivity (Wildman–Crippen MR) is 130 cm³/mol. The highest BCUT2D eigenvalue weighted by molar-refractivity contribution is 5.75. The fourth-order valence-corrected chi connectivity index (χ4v) is 4.31. The standard InChI is InChI=1S/C25H29FN4O3/c1-28(2)21(17-4-10-20(33-3)11-5-17)16-27-22-23(25(32)24(22)31)30-14-12-29(13-15-30)19-8-6-18(26)7-9-19/h4-11,21,27H,12-16H2,1-3H3/t21-/m0/s1. The molecule has 174 valence electrons. The summed E-state index contributed by atoms with van der Waals surface area (Å²) in [5, 5.41) is 3.24. The highest BCUT2D eigenvalue weighted by Crippen LogP contribution is 2.26. The molecular formula is C25H29FN4O3. The highest BCUT2D eigenvalue weighted by atomic mass is 19.1. The van der Waals surface area contributed by atoms with Gasteiger partial charge in [-0.2, -0.15) is 0 Å². The molecule has 1 saturated heterocycles. The Morgan fingerprint density at radius 2 is 1.55 bits per heavy atom.